The summed E-state index contributed by atoms with van der Waals surface area (Å²) in [5.74, 6) is -0.463. The Balaban J connectivity index is 3.18. The van der Waals surface area contributed by atoms with Gasteiger partial charge in [-0.15, -0.1) is 0 Å². The standard InChI is InChI=1S/C12H13FO/c1-3-9(4-2)10-5-6-12(13)11(7-10)8-14/h3,5-8H,4H2,1-2H3. The van der Waals surface area contributed by atoms with Gasteiger partial charge in [0.25, 0.3) is 0 Å². The number of aldehydes is 1. The summed E-state index contributed by atoms with van der Waals surface area (Å²) in [5.41, 5.74) is 2.15. The Bertz CT molecular complexity index is 367. The van der Waals surface area contributed by atoms with Crippen molar-refractivity contribution in [1.82, 2.24) is 0 Å². The topological polar surface area (TPSA) is 17.1 Å². The minimum absolute atomic E-state index is 0.121. The van der Waals surface area contributed by atoms with Crippen LogP contribution in [0.2, 0.25) is 0 Å². The SMILES string of the molecule is CC=C(CC)c1ccc(F)c(C=O)c1. The zero-order valence-corrected chi connectivity index (χ0v) is 8.38. The molecule has 0 bridgehead atoms. The summed E-state index contributed by atoms with van der Waals surface area (Å²) in [6, 6.07) is 4.61. The Kier molecular flexibility index (Phi) is 3.57. The van der Waals surface area contributed by atoms with Gasteiger partial charge in [0.2, 0.25) is 0 Å². The molecule has 2 heteroatoms. The van der Waals surface area contributed by atoms with Crippen LogP contribution < -0.4 is 0 Å². The molecular formula is C12H13FO. The van der Waals surface area contributed by atoms with Crippen LogP contribution >= 0.6 is 0 Å². The molecule has 74 valence electrons. The number of halogens is 1. The molecule has 1 rings (SSSR count). The minimum Gasteiger partial charge on any atom is -0.298 e. The lowest BCUT2D eigenvalue weighted by molar-refractivity contribution is 0.112. The molecule has 0 aliphatic rings. The molecule has 0 saturated heterocycles. The van der Waals surface area contributed by atoms with Crippen LogP contribution in [0.5, 0.6) is 0 Å². The molecule has 1 aromatic rings. The van der Waals surface area contributed by atoms with E-state index in [0.717, 1.165) is 17.6 Å². The number of hydrogen-bond donors (Lipinski definition) is 0. The predicted molar refractivity (Wildman–Crippen MR) is 55.7 cm³/mol. The molecule has 0 aliphatic carbocycles. The second-order valence-corrected chi connectivity index (χ2v) is 3.02. The van der Waals surface area contributed by atoms with E-state index in [-0.39, 0.29) is 5.56 Å². The van der Waals surface area contributed by atoms with Gasteiger partial charge < -0.3 is 0 Å². The van der Waals surface area contributed by atoms with Crippen LogP contribution in [-0.4, -0.2) is 6.29 Å². The van der Waals surface area contributed by atoms with Crippen molar-refractivity contribution in [2.45, 2.75) is 20.3 Å². The fourth-order valence-corrected chi connectivity index (χ4v) is 1.41. The second kappa shape index (κ2) is 4.70. The molecule has 0 aromatic heterocycles. The van der Waals surface area contributed by atoms with Crippen molar-refractivity contribution in [3.63, 3.8) is 0 Å². The third kappa shape index (κ3) is 2.08. The molecule has 0 atom stereocenters. The Labute approximate surface area is 83.3 Å². The Morgan fingerprint density at radius 1 is 1.50 bits per heavy atom. The molecule has 14 heavy (non-hydrogen) atoms. The molecule has 0 radical (unpaired) electrons. The van der Waals surface area contributed by atoms with Crippen LogP contribution in [0.25, 0.3) is 5.57 Å². The summed E-state index contributed by atoms with van der Waals surface area (Å²) in [6.07, 6.45) is 3.39. The molecule has 1 aromatic carbocycles. The average molecular weight is 192 g/mol. The lowest BCUT2D eigenvalue weighted by Gasteiger charge is -2.05. The largest absolute Gasteiger partial charge is 0.298 e. The maximum absolute atomic E-state index is 13.0. The van der Waals surface area contributed by atoms with E-state index >= 15 is 0 Å². The molecule has 0 spiro atoms. The average Bonchev–Trinajstić information content (AvgIpc) is 2.22. The normalized spacial score (nSPS) is 11.5. The highest BCUT2D eigenvalue weighted by Gasteiger charge is 2.04. The third-order valence-corrected chi connectivity index (χ3v) is 2.22. The van der Waals surface area contributed by atoms with Gasteiger partial charge in [0.15, 0.2) is 6.29 Å². The van der Waals surface area contributed by atoms with Gasteiger partial charge in [-0.05, 0) is 36.6 Å². The van der Waals surface area contributed by atoms with E-state index in [0.29, 0.717) is 6.29 Å². The molecule has 0 amide bonds. The summed E-state index contributed by atoms with van der Waals surface area (Å²) in [6.45, 7) is 3.96. The van der Waals surface area contributed by atoms with Crippen LogP contribution in [0, 0.1) is 5.82 Å². The summed E-state index contributed by atoms with van der Waals surface area (Å²) in [4.78, 5) is 10.5. The highest BCUT2D eigenvalue weighted by molar-refractivity contribution is 5.78. The van der Waals surface area contributed by atoms with Gasteiger partial charge in [-0.3, -0.25) is 4.79 Å². The van der Waals surface area contributed by atoms with Gasteiger partial charge in [0, 0.05) is 0 Å². The first kappa shape index (κ1) is 10.6. The Hall–Kier alpha value is -1.44. The lowest BCUT2D eigenvalue weighted by Crippen LogP contribution is -1.91. The number of rotatable bonds is 3. The molecule has 0 aliphatic heterocycles. The zero-order chi connectivity index (χ0) is 10.6. The van der Waals surface area contributed by atoms with Crippen LogP contribution in [0.4, 0.5) is 4.39 Å². The van der Waals surface area contributed by atoms with Crippen molar-refractivity contribution in [1.29, 1.82) is 0 Å². The number of hydrogen-bond acceptors (Lipinski definition) is 1. The highest BCUT2D eigenvalue weighted by atomic mass is 19.1. The maximum Gasteiger partial charge on any atom is 0.153 e. The van der Waals surface area contributed by atoms with Gasteiger partial charge >= 0.3 is 0 Å². The van der Waals surface area contributed by atoms with Gasteiger partial charge in [0.1, 0.15) is 5.82 Å². The Morgan fingerprint density at radius 3 is 2.71 bits per heavy atom. The monoisotopic (exact) mass is 192 g/mol. The van der Waals surface area contributed by atoms with E-state index in [4.69, 9.17) is 0 Å². The van der Waals surface area contributed by atoms with Crippen LogP contribution in [0.3, 0.4) is 0 Å². The molecule has 0 unspecified atom stereocenters. The van der Waals surface area contributed by atoms with Gasteiger partial charge in [0.05, 0.1) is 5.56 Å². The van der Waals surface area contributed by atoms with E-state index in [9.17, 15) is 9.18 Å². The first-order chi connectivity index (χ1) is 6.72. The quantitative estimate of drug-likeness (QED) is 0.670. The molecule has 1 nitrogen and oxygen atoms in total. The zero-order valence-electron chi connectivity index (χ0n) is 8.38. The van der Waals surface area contributed by atoms with Crippen LogP contribution in [0.15, 0.2) is 24.3 Å². The van der Waals surface area contributed by atoms with Gasteiger partial charge in [-0.2, -0.15) is 0 Å². The van der Waals surface area contributed by atoms with Gasteiger partial charge in [-0.25, -0.2) is 4.39 Å². The number of allylic oxidation sites excluding steroid dienone is 2. The van der Waals surface area contributed by atoms with Crippen LogP contribution in [0.1, 0.15) is 36.2 Å². The predicted octanol–water partition coefficient (Wildman–Crippen LogP) is 3.45. The molecule has 0 heterocycles. The molecular weight excluding hydrogens is 179 g/mol. The summed E-state index contributed by atoms with van der Waals surface area (Å²) in [7, 11) is 0. The molecule has 0 N–H and O–H groups in total. The Morgan fingerprint density at radius 2 is 2.21 bits per heavy atom. The third-order valence-electron chi connectivity index (χ3n) is 2.22. The van der Waals surface area contributed by atoms with Crippen molar-refractivity contribution in [2.24, 2.45) is 0 Å². The van der Waals surface area contributed by atoms with E-state index in [1.165, 1.54) is 6.07 Å². The first-order valence-electron chi connectivity index (χ1n) is 4.63. The second-order valence-electron chi connectivity index (χ2n) is 3.02. The summed E-state index contributed by atoms with van der Waals surface area (Å²) < 4.78 is 13.0. The summed E-state index contributed by atoms with van der Waals surface area (Å²) >= 11 is 0. The number of carbonyl (C=O) groups excluding carboxylic acids is 1. The molecule has 0 saturated carbocycles. The lowest BCUT2D eigenvalue weighted by atomic mass is 10.0. The van der Waals surface area contributed by atoms with Gasteiger partial charge in [-0.1, -0.05) is 19.1 Å². The summed E-state index contributed by atoms with van der Waals surface area (Å²) in [5, 5.41) is 0. The number of carbonyl (C=O) groups is 1. The van der Waals surface area contributed by atoms with E-state index < -0.39 is 5.82 Å². The van der Waals surface area contributed by atoms with Crippen molar-refractivity contribution in [2.75, 3.05) is 0 Å². The van der Waals surface area contributed by atoms with E-state index in [1.807, 2.05) is 19.9 Å². The fraction of sp³-hybridized carbons (Fsp3) is 0.250. The van der Waals surface area contributed by atoms with Crippen LogP contribution in [-0.2, 0) is 0 Å². The van der Waals surface area contributed by atoms with Crippen molar-refractivity contribution in [3.8, 4) is 0 Å². The molecule has 0 fully saturated rings. The van der Waals surface area contributed by atoms with E-state index in [2.05, 4.69) is 0 Å². The fourth-order valence-electron chi connectivity index (χ4n) is 1.41. The van der Waals surface area contributed by atoms with Crippen molar-refractivity contribution >= 4 is 11.9 Å². The number of benzene rings is 1. The first-order valence-corrected chi connectivity index (χ1v) is 4.63. The van der Waals surface area contributed by atoms with E-state index in [1.54, 1.807) is 12.1 Å². The maximum atomic E-state index is 13.0. The highest BCUT2D eigenvalue weighted by Crippen LogP contribution is 2.19. The minimum atomic E-state index is -0.463. The smallest absolute Gasteiger partial charge is 0.153 e. The van der Waals surface area contributed by atoms with Crippen molar-refractivity contribution < 1.29 is 9.18 Å². The van der Waals surface area contributed by atoms with Crippen molar-refractivity contribution in [3.05, 3.63) is 41.2 Å².